The van der Waals surface area contributed by atoms with Gasteiger partial charge in [0.2, 0.25) is 5.91 Å². The first kappa shape index (κ1) is 15.8. The Bertz CT molecular complexity index is 559. The number of halogens is 1. The molecule has 0 aliphatic heterocycles. The fourth-order valence-electron chi connectivity index (χ4n) is 3.38. The first-order valence-electron chi connectivity index (χ1n) is 7.83. The molecule has 0 aromatic heterocycles. The number of hydrogen-bond acceptors (Lipinski definition) is 3. The quantitative estimate of drug-likeness (QED) is 0.895. The molecule has 1 aromatic carbocycles. The van der Waals surface area contributed by atoms with E-state index >= 15 is 0 Å². The summed E-state index contributed by atoms with van der Waals surface area (Å²) in [4.78, 5) is 12.6. The maximum absolute atomic E-state index is 12.6. The molecular formula is C17H22ClNO3. The minimum Gasteiger partial charge on any atom is -0.390 e. The van der Waals surface area contributed by atoms with Crippen LogP contribution in [0.4, 0.5) is 0 Å². The summed E-state index contributed by atoms with van der Waals surface area (Å²) >= 11 is 6.28. The van der Waals surface area contributed by atoms with Gasteiger partial charge in [-0.05, 0) is 43.7 Å². The summed E-state index contributed by atoms with van der Waals surface area (Å²) in [5, 5.41) is 13.7. The maximum atomic E-state index is 12.6. The SMILES string of the molecule is CO[C@@H]1C[C@H](C(=O)NC2(c3ccccc3Cl)CC2)CC[C@@H]1O. The third-order valence-electron chi connectivity index (χ3n) is 4.93. The first-order valence-corrected chi connectivity index (χ1v) is 8.21. The standard InChI is InChI=1S/C17H22ClNO3/c1-22-15-10-11(6-7-14(15)20)16(21)19-17(8-9-17)12-4-2-3-5-13(12)18/h2-5,11,14-15,20H,6-10H2,1H3,(H,19,21)/t11-,14+,15-/m1/s1. The molecule has 1 amide bonds. The van der Waals surface area contributed by atoms with Crippen molar-refractivity contribution in [3.05, 3.63) is 34.9 Å². The topological polar surface area (TPSA) is 58.6 Å². The summed E-state index contributed by atoms with van der Waals surface area (Å²) in [6.07, 6.45) is 3.01. The number of ether oxygens (including phenoxy) is 1. The molecule has 4 nitrogen and oxygen atoms in total. The Morgan fingerprint density at radius 2 is 2.09 bits per heavy atom. The zero-order chi connectivity index (χ0) is 15.7. The molecule has 1 aromatic rings. The number of rotatable bonds is 4. The number of carbonyl (C=O) groups is 1. The van der Waals surface area contributed by atoms with Crippen molar-refractivity contribution in [2.45, 2.75) is 49.9 Å². The molecule has 2 aliphatic carbocycles. The fraction of sp³-hybridized carbons (Fsp3) is 0.588. The summed E-state index contributed by atoms with van der Waals surface area (Å²) < 4.78 is 5.28. The Morgan fingerprint density at radius 1 is 1.36 bits per heavy atom. The summed E-state index contributed by atoms with van der Waals surface area (Å²) in [5.74, 6) is -0.0558. The number of aliphatic hydroxyl groups excluding tert-OH is 1. The van der Waals surface area contributed by atoms with Crippen LogP contribution in [-0.4, -0.2) is 30.3 Å². The van der Waals surface area contributed by atoms with E-state index in [2.05, 4.69) is 5.32 Å². The van der Waals surface area contributed by atoms with E-state index in [1.165, 1.54) is 0 Å². The Kier molecular flexibility index (Phi) is 4.44. The van der Waals surface area contributed by atoms with Gasteiger partial charge in [-0.2, -0.15) is 0 Å². The van der Waals surface area contributed by atoms with Crippen molar-refractivity contribution in [3.8, 4) is 0 Å². The van der Waals surface area contributed by atoms with E-state index in [1.807, 2.05) is 24.3 Å². The lowest BCUT2D eigenvalue weighted by molar-refractivity contribution is -0.131. The number of amides is 1. The Labute approximate surface area is 135 Å². The van der Waals surface area contributed by atoms with Gasteiger partial charge in [0.25, 0.3) is 0 Å². The minimum atomic E-state index is -0.465. The van der Waals surface area contributed by atoms with Crippen LogP contribution in [-0.2, 0) is 15.1 Å². The predicted molar refractivity (Wildman–Crippen MR) is 84.7 cm³/mol. The van der Waals surface area contributed by atoms with Crippen LogP contribution in [0.15, 0.2) is 24.3 Å². The van der Waals surface area contributed by atoms with Gasteiger partial charge in [0.1, 0.15) is 0 Å². The second-order valence-electron chi connectivity index (χ2n) is 6.40. The largest absolute Gasteiger partial charge is 0.390 e. The van der Waals surface area contributed by atoms with Gasteiger partial charge >= 0.3 is 0 Å². The smallest absolute Gasteiger partial charge is 0.223 e. The number of carbonyl (C=O) groups excluding carboxylic acids is 1. The van der Waals surface area contributed by atoms with Crippen molar-refractivity contribution in [2.75, 3.05) is 7.11 Å². The van der Waals surface area contributed by atoms with Crippen LogP contribution in [0.5, 0.6) is 0 Å². The molecule has 3 atom stereocenters. The summed E-state index contributed by atoms with van der Waals surface area (Å²) in [6, 6.07) is 7.69. The van der Waals surface area contributed by atoms with Crippen molar-refractivity contribution in [2.24, 2.45) is 5.92 Å². The summed E-state index contributed by atoms with van der Waals surface area (Å²) in [5.41, 5.74) is 0.706. The molecule has 5 heteroatoms. The highest BCUT2D eigenvalue weighted by Crippen LogP contribution is 2.48. The molecule has 0 bridgehead atoms. The fourth-order valence-corrected chi connectivity index (χ4v) is 3.70. The average molecular weight is 324 g/mol. The number of hydrogen-bond donors (Lipinski definition) is 2. The van der Waals surface area contributed by atoms with E-state index < -0.39 is 6.10 Å². The second kappa shape index (κ2) is 6.19. The van der Waals surface area contributed by atoms with Gasteiger partial charge in [-0.3, -0.25) is 4.79 Å². The van der Waals surface area contributed by atoms with Crippen LogP contribution < -0.4 is 5.32 Å². The molecule has 2 fully saturated rings. The van der Waals surface area contributed by atoms with Crippen LogP contribution in [0.2, 0.25) is 5.02 Å². The van der Waals surface area contributed by atoms with Crippen LogP contribution in [0, 0.1) is 5.92 Å². The summed E-state index contributed by atoms with van der Waals surface area (Å²) in [7, 11) is 1.58. The van der Waals surface area contributed by atoms with Crippen LogP contribution in [0.3, 0.4) is 0 Å². The van der Waals surface area contributed by atoms with E-state index in [1.54, 1.807) is 7.11 Å². The van der Waals surface area contributed by atoms with E-state index in [-0.39, 0.29) is 23.5 Å². The lowest BCUT2D eigenvalue weighted by Crippen LogP contribution is -2.44. The van der Waals surface area contributed by atoms with Gasteiger partial charge in [-0.1, -0.05) is 29.8 Å². The highest BCUT2D eigenvalue weighted by molar-refractivity contribution is 6.31. The number of benzene rings is 1. The second-order valence-corrected chi connectivity index (χ2v) is 6.81. The molecule has 0 unspecified atom stereocenters. The zero-order valence-corrected chi connectivity index (χ0v) is 13.5. The average Bonchev–Trinajstić information content (AvgIpc) is 3.28. The van der Waals surface area contributed by atoms with E-state index in [0.717, 1.165) is 18.4 Å². The van der Waals surface area contributed by atoms with Gasteiger partial charge in [0.15, 0.2) is 0 Å². The normalized spacial score (nSPS) is 29.9. The van der Waals surface area contributed by atoms with Crippen LogP contribution >= 0.6 is 11.6 Å². The van der Waals surface area contributed by atoms with E-state index in [9.17, 15) is 9.90 Å². The number of nitrogens with one attached hydrogen (secondary N) is 1. The third-order valence-corrected chi connectivity index (χ3v) is 5.26. The van der Waals surface area contributed by atoms with E-state index in [0.29, 0.717) is 24.3 Å². The molecule has 2 N–H and O–H groups in total. The van der Waals surface area contributed by atoms with Gasteiger partial charge < -0.3 is 15.2 Å². The van der Waals surface area contributed by atoms with Gasteiger partial charge in [0, 0.05) is 18.1 Å². The van der Waals surface area contributed by atoms with Crippen LogP contribution in [0.25, 0.3) is 0 Å². The highest BCUT2D eigenvalue weighted by atomic mass is 35.5. The predicted octanol–water partition coefficient (Wildman–Crippen LogP) is 2.62. The number of aliphatic hydroxyl groups is 1. The van der Waals surface area contributed by atoms with Crippen molar-refractivity contribution >= 4 is 17.5 Å². The molecular weight excluding hydrogens is 302 g/mol. The number of methoxy groups -OCH3 is 1. The lowest BCUT2D eigenvalue weighted by Gasteiger charge is -2.32. The molecule has 2 aliphatic rings. The molecule has 0 radical (unpaired) electrons. The molecule has 0 saturated heterocycles. The van der Waals surface area contributed by atoms with Gasteiger partial charge in [-0.25, -0.2) is 0 Å². The zero-order valence-electron chi connectivity index (χ0n) is 12.7. The Balaban J connectivity index is 1.68. The lowest BCUT2D eigenvalue weighted by atomic mass is 9.84. The van der Waals surface area contributed by atoms with Crippen molar-refractivity contribution < 1.29 is 14.6 Å². The molecule has 2 saturated carbocycles. The Hall–Kier alpha value is -1.10. The van der Waals surface area contributed by atoms with Gasteiger partial charge in [-0.15, -0.1) is 0 Å². The van der Waals surface area contributed by atoms with Gasteiger partial charge in [0.05, 0.1) is 17.7 Å². The highest BCUT2D eigenvalue weighted by Gasteiger charge is 2.48. The molecule has 0 heterocycles. The minimum absolute atomic E-state index is 0.0476. The molecule has 0 spiro atoms. The maximum Gasteiger partial charge on any atom is 0.223 e. The molecule has 22 heavy (non-hydrogen) atoms. The van der Waals surface area contributed by atoms with Crippen molar-refractivity contribution in [1.82, 2.24) is 5.32 Å². The Morgan fingerprint density at radius 3 is 2.73 bits per heavy atom. The first-order chi connectivity index (χ1) is 10.6. The molecule has 120 valence electrons. The molecule has 3 rings (SSSR count). The van der Waals surface area contributed by atoms with E-state index in [4.69, 9.17) is 16.3 Å². The third kappa shape index (κ3) is 3.00. The van der Waals surface area contributed by atoms with Crippen molar-refractivity contribution in [3.63, 3.8) is 0 Å². The monoisotopic (exact) mass is 323 g/mol. The van der Waals surface area contributed by atoms with Crippen molar-refractivity contribution in [1.29, 1.82) is 0 Å². The summed E-state index contributed by atoms with van der Waals surface area (Å²) in [6.45, 7) is 0. The van der Waals surface area contributed by atoms with Crippen LogP contribution in [0.1, 0.15) is 37.7 Å².